The number of carbonyl (C=O) groups is 2. The van der Waals surface area contributed by atoms with Gasteiger partial charge in [0, 0.05) is 17.2 Å². The highest BCUT2D eigenvalue weighted by Gasteiger charge is 2.09. The third-order valence-corrected chi connectivity index (χ3v) is 4.21. The minimum absolute atomic E-state index is 0.0725. The summed E-state index contributed by atoms with van der Waals surface area (Å²) in [5.74, 6) is -0.383. The lowest BCUT2D eigenvalue weighted by Gasteiger charge is -2.05. The number of nitrogens with zero attached hydrogens (tertiary/aromatic N) is 2. The molecule has 0 aliphatic rings. The number of benzene rings is 3. The molecule has 0 atom stereocenters. The van der Waals surface area contributed by atoms with Crippen molar-refractivity contribution in [2.75, 3.05) is 6.61 Å². The zero-order chi connectivity index (χ0) is 22.9. The van der Waals surface area contributed by atoms with E-state index in [0.29, 0.717) is 27.6 Å². The van der Waals surface area contributed by atoms with E-state index in [1.807, 2.05) is 0 Å². The molecular formula is C22H16ClN3O6. The lowest BCUT2D eigenvalue weighted by Crippen LogP contribution is -2.24. The second-order valence-corrected chi connectivity index (χ2v) is 6.74. The molecule has 0 aliphatic heterocycles. The van der Waals surface area contributed by atoms with E-state index in [1.165, 1.54) is 36.5 Å². The van der Waals surface area contributed by atoms with Crippen LogP contribution in [0.4, 0.5) is 5.69 Å². The van der Waals surface area contributed by atoms with Gasteiger partial charge in [-0.05, 0) is 60.2 Å². The topological polar surface area (TPSA) is 120 Å². The Hall–Kier alpha value is -4.24. The van der Waals surface area contributed by atoms with Gasteiger partial charge in [0.25, 0.3) is 11.6 Å². The van der Waals surface area contributed by atoms with Crippen molar-refractivity contribution in [3.63, 3.8) is 0 Å². The third kappa shape index (κ3) is 6.64. The molecule has 0 saturated heterocycles. The summed E-state index contributed by atoms with van der Waals surface area (Å²) in [4.78, 5) is 34.0. The van der Waals surface area contributed by atoms with E-state index in [-0.39, 0.29) is 12.3 Å². The predicted molar refractivity (Wildman–Crippen MR) is 117 cm³/mol. The fraction of sp³-hybridized carbons (Fsp3) is 0.0455. The molecular weight excluding hydrogens is 438 g/mol. The largest absolute Gasteiger partial charge is 0.484 e. The summed E-state index contributed by atoms with van der Waals surface area (Å²) < 4.78 is 10.5. The zero-order valence-corrected chi connectivity index (χ0v) is 17.2. The quantitative estimate of drug-likeness (QED) is 0.181. The third-order valence-electron chi connectivity index (χ3n) is 3.97. The second-order valence-electron chi connectivity index (χ2n) is 6.30. The van der Waals surface area contributed by atoms with Crippen LogP contribution in [0.5, 0.6) is 11.5 Å². The van der Waals surface area contributed by atoms with Gasteiger partial charge in [0.2, 0.25) is 0 Å². The molecule has 3 aromatic carbocycles. The van der Waals surface area contributed by atoms with E-state index >= 15 is 0 Å². The van der Waals surface area contributed by atoms with Gasteiger partial charge in [-0.15, -0.1) is 0 Å². The standard InChI is InChI=1S/C22H16ClN3O6/c23-17-3-1-2-16(12-17)22(28)32-20-8-4-15(5-9-20)13-24-25-21(27)14-31-19-10-6-18(7-11-19)26(29)30/h1-13H,14H2,(H,25,27)/b24-13-. The molecule has 3 aromatic rings. The maximum Gasteiger partial charge on any atom is 0.343 e. The Morgan fingerprint density at radius 2 is 1.72 bits per heavy atom. The fourth-order valence-corrected chi connectivity index (χ4v) is 2.62. The van der Waals surface area contributed by atoms with Crippen LogP contribution in [0.15, 0.2) is 77.9 Å². The Labute approximate surface area is 187 Å². The van der Waals surface area contributed by atoms with Crippen molar-refractivity contribution in [2.45, 2.75) is 0 Å². The fourth-order valence-electron chi connectivity index (χ4n) is 2.43. The Morgan fingerprint density at radius 1 is 1.03 bits per heavy atom. The van der Waals surface area contributed by atoms with Gasteiger partial charge < -0.3 is 9.47 Å². The molecule has 32 heavy (non-hydrogen) atoms. The molecule has 0 bridgehead atoms. The highest BCUT2D eigenvalue weighted by Crippen LogP contribution is 2.17. The number of hydrazone groups is 1. The van der Waals surface area contributed by atoms with Crippen molar-refractivity contribution in [3.05, 3.63) is 99.1 Å². The Kier molecular flexibility index (Phi) is 7.50. The first-order valence-electron chi connectivity index (χ1n) is 9.18. The van der Waals surface area contributed by atoms with Crippen molar-refractivity contribution in [1.82, 2.24) is 5.43 Å². The highest BCUT2D eigenvalue weighted by atomic mass is 35.5. The predicted octanol–water partition coefficient (Wildman–Crippen LogP) is 4.00. The zero-order valence-electron chi connectivity index (χ0n) is 16.4. The number of nitrogens with one attached hydrogen (secondary N) is 1. The van der Waals surface area contributed by atoms with Crippen molar-refractivity contribution in [1.29, 1.82) is 0 Å². The van der Waals surface area contributed by atoms with E-state index in [0.717, 1.165) is 0 Å². The van der Waals surface area contributed by atoms with Crippen molar-refractivity contribution < 1.29 is 24.0 Å². The summed E-state index contributed by atoms with van der Waals surface area (Å²) in [6.07, 6.45) is 1.41. The average Bonchev–Trinajstić information content (AvgIpc) is 2.79. The van der Waals surface area contributed by atoms with Gasteiger partial charge in [-0.1, -0.05) is 17.7 Å². The number of non-ortho nitro benzene ring substituents is 1. The molecule has 9 nitrogen and oxygen atoms in total. The van der Waals surface area contributed by atoms with Crippen molar-refractivity contribution in [2.24, 2.45) is 5.10 Å². The minimum atomic E-state index is -0.533. The normalized spacial score (nSPS) is 10.5. The number of rotatable bonds is 8. The van der Waals surface area contributed by atoms with Crippen LogP contribution in [0.1, 0.15) is 15.9 Å². The Bertz CT molecular complexity index is 1150. The summed E-state index contributed by atoms with van der Waals surface area (Å²) in [5.41, 5.74) is 3.22. The monoisotopic (exact) mass is 453 g/mol. The van der Waals surface area contributed by atoms with Crippen LogP contribution in [-0.4, -0.2) is 29.6 Å². The van der Waals surface area contributed by atoms with Gasteiger partial charge >= 0.3 is 5.97 Å². The number of nitro groups is 1. The lowest BCUT2D eigenvalue weighted by atomic mass is 10.2. The number of esters is 1. The number of hydrogen-bond acceptors (Lipinski definition) is 7. The molecule has 0 aliphatic carbocycles. The molecule has 0 saturated carbocycles. The SMILES string of the molecule is O=C(COc1ccc([N+](=O)[O-])cc1)N/N=C\c1ccc(OC(=O)c2cccc(Cl)c2)cc1. The van der Waals surface area contributed by atoms with Crippen LogP contribution < -0.4 is 14.9 Å². The van der Waals surface area contributed by atoms with Crippen LogP contribution in [-0.2, 0) is 4.79 Å². The molecule has 0 spiro atoms. The number of carbonyl (C=O) groups excluding carboxylic acids is 2. The van der Waals surface area contributed by atoms with Crippen LogP contribution in [0.3, 0.4) is 0 Å². The summed E-state index contributed by atoms with van der Waals surface area (Å²) in [5, 5.41) is 14.9. The number of halogens is 1. The molecule has 0 aromatic heterocycles. The van der Waals surface area contributed by atoms with E-state index in [9.17, 15) is 19.7 Å². The molecule has 10 heteroatoms. The molecule has 3 rings (SSSR count). The van der Waals surface area contributed by atoms with Gasteiger partial charge in [-0.3, -0.25) is 14.9 Å². The Morgan fingerprint density at radius 3 is 2.38 bits per heavy atom. The van der Waals surface area contributed by atoms with Crippen LogP contribution in [0.2, 0.25) is 5.02 Å². The molecule has 0 radical (unpaired) electrons. The first-order chi connectivity index (χ1) is 15.4. The first kappa shape index (κ1) is 22.4. The smallest absolute Gasteiger partial charge is 0.343 e. The minimum Gasteiger partial charge on any atom is -0.484 e. The van der Waals surface area contributed by atoms with E-state index < -0.39 is 16.8 Å². The van der Waals surface area contributed by atoms with Gasteiger partial charge in [0.15, 0.2) is 6.61 Å². The van der Waals surface area contributed by atoms with Crippen LogP contribution >= 0.6 is 11.6 Å². The Balaban J connectivity index is 1.45. The molecule has 1 N–H and O–H groups in total. The number of hydrogen-bond donors (Lipinski definition) is 1. The van der Waals surface area contributed by atoms with Gasteiger partial charge in [0.1, 0.15) is 11.5 Å². The molecule has 1 amide bonds. The summed E-state index contributed by atoms with van der Waals surface area (Å²) in [6, 6.07) is 18.3. The lowest BCUT2D eigenvalue weighted by molar-refractivity contribution is -0.384. The molecule has 0 fully saturated rings. The number of amides is 1. The van der Waals surface area contributed by atoms with Crippen LogP contribution in [0.25, 0.3) is 0 Å². The summed E-state index contributed by atoms with van der Waals surface area (Å²) in [7, 11) is 0. The molecule has 0 unspecified atom stereocenters. The van der Waals surface area contributed by atoms with Gasteiger partial charge in [-0.25, -0.2) is 10.2 Å². The second kappa shape index (κ2) is 10.7. The van der Waals surface area contributed by atoms with E-state index in [2.05, 4.69) is 10.5 Å². The maximum atomic E-state index is 12.1. The number of ether oxygens (including phenoxy) is 2. The summed E-state index contributed by atoms with van der Waals surface area (Å²) >= 11 is 5.87. The van der Waals surface area contributed by atoms with E-state index in [4.69, 9.17) is 21.1 Å². The van der Waals surface area contributed by atoms with Crippen molar-refractivity contribution in [3.8, 4) is 11.5 Å². The van der Waals surface area contributed by atoms with Crippen molar-refractivity contribution >= 4 is 35.4 Å². The van der Waals surface area contributed by atoms with Crippen LogP contribution in [0, 0.1) is 10.1 Å². The maximum absolute atomic E-state index is 12.1. The number of nitro benzene ring substituents is 1. The highest BCUT2D eigenvalue weighted by molar-refractivity contribution is 6.30. The average molecular weight is 454 g/mol. The summed E-state index contributed by atoms with van der Waals surface area (Å²) in [6.45, 7) is -0.312. The molecule has 162 valence electrons. The van der Waals surface area contributed by atoms with Gasteiger partial charge in [-0.2, -0.15) is 5.10 Å². The van der Waals surface area contributed by atoms with E-state index in [1.54, 1.807) is 42.5 Å². The molecule has 0 heterocycles. The first-order valence-corrected chi connectivity index (χ1v) is 9.55. The van der Waals surface area contributed by atoms with Gasteiger partial charge in [0.05, 0.1) is 16.7 Å².